The molecule has 4 aromatic rings. The van der Waals surface area contributed by atoms with Crippen molar-refractivity contribution in [3.05, 3.63) is 90.0 Å². The number of anilines is 2. The maximum atomic E-state index is 14.7. The van der Waals surface area contributed by atoms with E-state index in [1.807, 2.05) is 0 Å². The van der Waals surface area contributed by atoms with E-state index in [0.717, 1.165) is 18.0 Å². The Balaban J connectivity index is 1.89. The Morgan fingerprint density at radius 3 is 2.37 bits per heavy atom. The fraction of sp³-hybridized carbons (Fsp3) is 0.240. The number of hydrogen-bond donors (Lipinski definition) is 1. The van der Waals surface area contributed by atoms with Crippen molar-refractivity contribution in [2.24, 2.45) is 7.05 Å². The lowest BCUT2D eigenvalue weighted by molar-refractivity contribution is 0.520. The highest BCUT2D eigenvalue weighted by molar-refractivity contribution is 9.10. The highest BCUT2D eigenvalue weighted by Crippen LogP contribution is 2.34. The lowest BCUT2D eigenvalue weighted by Crippen LogP contribution is -2.41. The van der Waals surface area contributed by atoms with Gasteiger partial charge < -0.3 is 5.32 Å². The molecule has 2 heterocycles. The summed E-state index contributed by atoms with van der Waals surface area (Å²) in [6, 6.07) is 10.8. The van der Waals surface area contributed by atoms with Crippen LogP contribution in [0.4, 0.5) is 15.8 Å². The first kappa shape index (κ1) is 26.1. The summed E-state index contributed by atoms with van der Waals surface area (Å²) < 4.78 is 45.3. The first-order valence-electron chi connectivity index (χ1n) is 11.6. The van der Waals surface area contributed by atoms with E-state index in [2.05, 4.69) is 21.2 Å². The predicted molar refractivity (Wildman–Crippen MR) is 146 cm³/mol. The van der Waals surface area contributed by atoms with Crippen LogP contribution in [0, 0.1) is 5.82 Å². The quantitative estimate of drug-likeness (QED) is 0.362. The molecule has 0 aliphatic heterocycles. The normalized spacial score (nSPS) is 13.8. The Hall–Kier alpha value is -3.55. The van der Waals surface area contributed by atoms with Crippen LogP contribution in [-0.4, -0.2) is 40.5 Å². The molecule has 5 rings (SSSR count). The van der Waals surface area contributed by atoms with Crippen molar-refractivity contribution in [3.8, 4) is 5.69 Å². The van der Waals surface area contributed by atoms with Crippen molar-refractivity contribution < 1.29 is 12.8 Å². The lowest BCUT2D eigenvalue weighted by atomic mass is 10.2. The van der Waals surface area contributed by atoms with Crippen molar-refractivity contribution >= 4 is 48.4 Å². The van der Waals surface area contributed by atoms with E-state index in [4.69, 9.17) is 0 Å². The van der Waals surface area contributed by atoms with E-state index in [1.165, 1.54) is 63.6 Å². The number of pyridine rings is 1. The monoisotopic (exact) mass is 603 g/mol. The maximum absolute atomic E-state index is 14.7. The second-order valence-electron chi connectivity index (χ2n) is 9.21. The van der Waals surface area contributed by atoms with Gasteiger partial charge in [-0.1, -0.05) is 22.0 Å². The van der Waals surface area contributed by atoms with Crippen LogP contribution in [0.2, 0.25) is 0 Å². The number of halogens is 2. The zero-order valence-electron chi connectivity index (χ0n) is 20.6. The molecule has 38 heavy (non-hydrogen) atoms. The summed E-state index contributed by atoms with van der Waals surface area (Å²) in [5.41, 5.74) is -1.75. The van der Waals surface area contributed by atoms with Crippen LogP contribution in [0.3, 0.4) is 0 Å². The van der Waals surface area contributed by atoms with Gasteiger partial charge in [0.25, 0.3) is 11.1 Å². The highest BCUT2D eigenvalue weighted by Gasteiger charge is 2.31. The predicted octanol–water partition coefficient (Wildman–Crippen LogP) is 3.08. The Kier molecular flexibility index (Phi) is 6.40. The summed E-state index contributed by atoms with van der Waals surface area (Å²) in [7, 11) is 0.338. The van der Waals surface area contributed by atoms with Gasteiger partial charge in [0, 0.05) is 37.7 Å². The molecule has 0 amide bonds. The molecule has 10 nitrogen and oxygen atoms in total. The number of benzene rings is 2. The molecule has 1 aliphatic carbocycles. The molecule has 13 heteroatoms. The van der Waals surface area contributed by atoms with E-state index in [1.54, 1.807) is 6.07 Å². The van der Waals surface area contributed by atoms with Crippen molar-refractivity contribution in [2.75, 3.05) is 19.4 Å². The Bertz CT molecular complexity index is 1910. The smallest absolute Gasteiger partial charge is 0.337 e. The molecular formula is C25H23BrFN5O5S. The number of rotatable bonds is 6. The topological polar surface area (TPSA) is 115 Å². The summed E-state index contributed by atoms with van der Waals surface area (Å²) in [5.74, 6) is -0.620. The summed E-state index contributed by atoms with van der Waals surface area (Å²) in [6.45, 7) is 0. The molecule has 1 fully saturated rings. The average Bonchev–Trinajstić information content (AvgIpc) is 3.69. The van der Waals surface area contributed by atoms with Crippen molar-refractivity contribution in [2.45, 2.75) is 23.8 Å². The number of nitrogens with one attached hydrogen (secondary N) is 1. The van der Waals surface area contributed by atoms with Crippen LogP contribution in [0.15, 0.2) is 72.3 Å². The van der Waals surface area contributed by atoms with Gasteiger partial charge in [-0.05, 0) is 49.2 Å². The zero-order chi connectivity index (χ0) is 27.5. The van der Waals surface area contributed by atoms with Crippen LogP contribution < -0.4 is 22.1 Å². The van der Waals surface area contributed by atoms with E-state index >= 15 is 0 Å². The van der Waals surface area contributed by atoms with Crippen LogP contribution in [0.25, 0.3) is 16.7 Å². The van der Waals surface area contributed by atoms with Crippen molar-refractivity contribution in [1.29, 1.82) is 0 Å². The fourth-order valence-corrected chi connectivity index (χ4v) is 5.55. The number of aromatic nitrogens is 3. The van der Waals surface area contributed by atoms with Gasteiger partial charge in [-0.15, -0.1) is 0 Å². The highest BCUT2D eigenvalue weighted by atomic mass is 79.9. The second kappa shape index (κ2) is 9.33. The molecule has 0 atom stereocenters. The lowest BCUT2D eigenvalue weighted by Gasteiger charge is -2.19. The third-order valence-corrected chi connectivity index (χ3v) is 8.72. The third kappa shape index (κ3) is 4.29. The van der Waals surface area contributed by atoms with Gasteiger partial charge in [0.15, 0.2) is 0 Å². The largest absolute Gasteiger partial charge is 0.352 e. The number of aryl methyl sites for hydroxylation is 1. The molecule has 0 saturated heterocycles. The van der Waals surface area contributed by atoms with Gasteiger partial charge in [0.1, 0.15) is 16.9 Å². The summed E-state index contributed by atoms with van der Waals surface area (Å²) in [6.07, 6.45) is 1.23. The van der Waals surface area contributed by atoms with Gasteiger partial charge >= 0.3 is 5.69 Å². The molecule has 0 unspecified atom stereocenters. The maximum Gasteiger partial charge on any atom is 0.337 e. The Labute approximate surface area is 224 Å². The van der Waals surface area contributed by atoms with Crippen LogP contribution >= 0.6 is 15.9 Å². The van der Waals surface area contributed by atoms with Gasteiger partial charge in [-0.25, -0.2) is 26.5 Å². The first-order valence-corrected chi connectivity index (χ1v) is 13.8. The number of nitrogens with zero attached hydrogens (tertiary/aromatic N) is 4. The van der Waals surface area contributed by atoms with Crippen LogP contribution in [-0.2, 0) is 17.1 Å². The minimum atomic E-state index is -3.85. The van der Waals surface area contributed by atoms with Gasteiger partial charge in [-0.3, -0.25) is 18.7 Å². The molecule has 0 bridgehead atoms. The fourth-order valence-electron chi connectivity index (χ4n) is 4.28. The molecule has 1 aliphatic rings. The Morgan fingerprint density at radius 2 is 1.74 bits per heavy atom. The zero-order valence-corrected chi connectivity index (χ0v) is 23.0. The van der Waals surface area contributed by atoms with E-state index in [-0.39, 0.29) is 39.0 Å². The van der Waals surface area contributed by atoms with Crippen LogP contribution in [0.1, 0.15) is 18.9 Å². The number of fused-ring (bicyclic) bond motifs is 1. The minimum Gasteiger partial charge on any atom is -0.352 e. The van der Waals surface area contributed by atoms with Crippen molar-refractivity contribution in [1.82, 2.24) is 18.0 Å². The standard InChI is InChI=1S/C25H23BrFN5O5S/c1-29(2)38(36,37)17-6-4-5-16(12-17)31-23-22(24(34)32(25(31)35)15-8-9-15)20(13-21(33)30(23)3)28-19-10-7-14(26)11-18(19)27/h4-7,10-13,15,28H,8-9H2,1-3H3. The molecule has 0 radical (unpaired) electrons. The molecule has 198 valence electrons. The minimum absolute atomic E-state index is 0.0122. The number of sulfonamides is 1. The summed E-state index contributed by atoms with van der Waals surface area (Å²) in [5, 5.41) is 2.83. The van der Waals surface area contributed by atoms with E-state index < -0.39 is 32.6 Å². The average molecular weight is 604 g/mol. The number of hydrogen-bond acceptors (Lipinski definition) is 6. The molecule has 2 aromatic heterocycles. The van der Waals surface area contributed by atoms with Gasteiger partial charge in [0.2, 0.25) is 10.0 Å². The SMILES string of the molecule is CN(C)S(=O)(=O)c1cccc(-n2c(=O)n(C3CC3)c(=O)c3c(Nc4ccc(Br)cc4F)cc(=O)n(C)c32)c1. The van der Waals surface area contributed by atoms with Crippen molar-refractivity contribution in [3.63, 3.8) is 0 Å². The van der Waals surface area contributed by atoms with E-state index in [9.17, 15) is 27.2 Å². The molecular weight excluding hydrogens is 581 g/mol. The third-order valence-electron chi connectivity index (χ3n) is 6.42. The molecule has 1 saturated carbocycles. The van der Waals surface area contributed by atoms with Gasteiger partial charge in [-0.2, -0.15) is 0 Å². The molecule has 1 N–H and O–H groups in total. The molecule has 2 aromatic carbocycles. The first-order chi connectivity index (χ1) is 17.9. The van der Waals surface area contributed by atoms with Gasteiger partial charge in [0.05, 0.1) is 22.0 Å². The van der Waals surface area contributed by atoms with Crippen LogP contribution in [0.5, 0.6) is 0 Å². The van der Waals surface area contributed by atoms with E-state index in [0.29, 0.717) is 17.3 Å². The molecule has 0 spiro atoms. The summed E-state index contributed by atoms with van der Waals surface area (Å²) in [4.78, 5) is 40.5. The Morgan fingerprint density at radius 1 is 1.03 bits per heavy atom. The summed E-state index contributed by atoms with van der Waals surface area (Å²) >= 11 is 3.20. The second-order valence-corrected chi connectivity index (χ2v) is 12.3.